The quantitative estimate of drug-likeness (QED) is 0.0919. The first kappa shape index (κ1) is 32.6. The maximum Gasteiger partial charge on any atom is 0.269 e. The van der Waals surface area contributed by atoms with Gasteiger partial charge in [0.1, 0.15) is 11.3 Å². The van der Waals surface area contributed by atoms with E-state index in [0.29, 0.717) is 74.2 Å². The van der Waals surface area contributed by atoms with Crippen LogP contribution in [0.25, 0.3) is 33.5 Å². The molecule has 0 saturated carbocycles. The zero-order valence-corrected chi connectivity index (χ0v) is 27.6. The van der Waals surface area contributed by atoms with Crippen LogP contribution in [0.3, 0.4) is 0 Å². The number of rotatable bonds is 13. The number of nitrogens with one attached hydrogen (secondary N) is 2. The van der Waals surface area contributed by atoms with Crippen LogP contribution >= 0.6 is 0 Å². The SMILES string of the molecule is CCCCC(CC)COc1cc(Nc2ccc([N+](=O)[O-])cc2)c2c3c(nc(-c4ccccc4NS(C)(=O)=O)nc13)-c1ccccc1C2=O. The van der Waals surface area contributed by atoms with Gasteiger partial charge in [0.05, 0.1) is 40.4 Å². The standard InChI is InChI=1S/C36H35N5O6S/c1-4-6-11-22(5-2)21-47-30-20-29(37-23-16-18-24(19-17-23)41(43)44)31-32-33(25-12-7-8-13-26(25)35(31)42)38-36(39-34(30)32)27-14-9-10-15-28(27)40-48(3,45)46/h7-10,12-20,22,37,40H,4-6,11,21H2,1-3H3. The lowest BCUT2D eigenvalue weighted by Crippen LogP contribution is -2.17. The van der Waals surface area contributed by atoms with Gasteiger partial charge in [0, 0.05) is 46.0 Å². The number of benzene rings is 4. The normalized spacial score (nSPS) is 12.8. The summed E-state index contributed by atoms with van der Waals surface area (Å²) in [5.41, 5.74) is 4.05. The molecule has 1 aliphatic rings. The minimum Gasteiger partial charge on any atom is -0.491 e. The van der Waals surface area contributed by atoms with Gasteiger partial charge >= 0.3 is 0 Å². The van der Waals surface area contributed by atoms with Gasteiger partial charge in [-0.2, -0.15) is 0 Å². The highest BCUT2D eigenvalue weighted by Crippen LogP contribution is 2.46. The van der Waals surface area contributed by atoms with E-state index in [1.807, 2.05) is 12.1 Å². The molecule has 1 atom stereocenters. The van der Waals surface area contributed by atoms with Gasteiger partial charge in [-0.15, -0.1) is 0 Å². The van der Waals surface area contributed by atoms with Crippen LogP contribution in [0.4, 0.5) is 22.7 Å². The van der Waals surface area contributed by atoms with E-state index in [4.69, 9.17) is 14.7 Å². The second kappa shape index (κ2) is 13.4. The molecule has 0 saturated heterocycles. The van der Waals surface area contributed by atoms with Crippen molar-refractivity contribution in [2.75, 3.05) is 22.9 Å². The number of anilines is 3. The summed E-state index contributed by atoms with van der Waals surface area (Å²) in [6.45, 7) is 4.71. The second-order valence-electron chi connectivity index (χ2n) is 11.9. The predicted octanol–water partition coefficient (Wildman–Crippen LogP) is 8.13. The first-order valence-electron chi connectivity index (χ1n) is 15.8. The van der Waals surface area contributed by atoms with E-state index in [9.17, 15) is 23.3 Å². The Bertz CT molecular complexity index is 2150. The fourth-order valence-electron chi connectivity index (χ4n) is 5.96. The summed E-state index contributed by atoms with van der Waals surface area (Å²) in [5.74, 6) is 0.752. The molecule has 0 amide bonds. The van der Waals surface area contributed by atoms with Gasteiger partial charge in [-0.1, -0.05) is 69.5 Å². The average molecular weight is 666 g/mol. The summed E-state index contributed by atoms with van der Waals surface area (Å²) < 4.78 is 33.7. The number of carbonyl (C=O) groups is 1. The third-order valence-corrected chi connectivity index (χ3v) is 9.02. The van der Waals surface area contributed by atoms with Crippen molar-refractivity contribution in [1.82, 2.24) is 9.97 Å². The number of sulfonamides is 1. The number of carbonyl (C=O) groups excluding carboxylic acids is 1. The van der Waals surface area contributed by atoms with E-state index in [1.165, 1.54) is 12.1 Å². The van der Waals surface area contributed by atoms with Gasteiger partial charge in [0.25, 0.3) is 5.69 Å². The van der Waals surface area contributed by atoms with Crippen molar-refractivity contribution in [3.63, 3.8) is 0 Å². The molecule has 1 unspecified atom stereocenters. The lowest BCUT2D eigenvalue weighted by Gasteiger charge is -2.25. The minimum atomic E-state index is -3.62. The van der Waals surface area contributed by atoms with Crippen LogP contribution < -0.4 is 14.8 Å². The highest BCUT2D eigenvalue weighted by Gasteiger charge is 2.32. The monoisotopic (exact) mass is 665 g/mol. The van der Waals surface area contributed by atoms with Crippen LogP contribution in [0.15, 0.2) is 78.9 Å². The smallest absolute Gasteiger partial charge is 0.269 e. The summed E-state index contributed by atoms with van der Waals surface area (Å²) in [6, 6.07) is 21.8. The number of nitro benzene ring substituents is 1. The summed E-state index contributed by atoms with van der Waals surface area (Å²) in [6.07, 6.45) is 5.14. The Labute approximate surface area is 278 Å². The molecular formula is C36H35N5O6S. The Balaban J connectivity index is 1.61. The molecular weight excluding hydrogens is 630 g/mol. The Morgan fingerprint density at radius 3 is 2.27 bits per heavy atom. The molecule has 48 heavy (non-hydrogen) atoms. The average Bonchev–Trinajstić information content (AvgIpc) is 3.07. The molecule has 0 aliphatic heterocycles. The number of aromatic nitrogens is 2. The molecule has 0 fully saturated rings. The summed E-state index contributed by atoms with van der Waals surface area (Å²) >= 11 is 0. The topological polar surface area (TPSA) is 153 Å². The molecule has 1 aliphatic carbocycles. The number of ketones is 1. The molecule has 12 heteroatoms. The van der Waals surface area contributed by atoms with Gasteiger partial charge in [-0.05, 0) is 36.6 Å². The van der Waals surface area contributed by atoms with Crippen molar-refractivity contribution in [3.05, 3.63) is 100 Å². The molecule has 0 bridgehead atoms. The maximum atomic E-state index is 14.3. The fourth-order valence-corrected chi connectivity index (χ4v) is 6.54. The highest BCUT2D eigenvalue weighted by atomic mass is 32.2. The van der Waals surface area contributed by atoms with Crippen molar-refractivity contribution < 1.29 is 22.9 Å². The molecule has 246 valence electrons. The van der Waals surface area contributed by atoms with Crippen molar-refractivity contribution in [1.29, 1.82) is 0 Å². The summed E-state index contributed by atoms with van der Waals surface area (Å²) in [5, 5.41) is 15.1. The van der Waals surface area contributed by atoms with E-state index < -0.39 is 14.9 Å². The molecule has 1 aromatic heterocycles. The number of unbranched alkanes of at least 4 members (excludes halogenated alkanes) is 1. The first-order chi connectivity index (χ1) is 23.1. The van der Waals surface area contributed by atoms with Crippen LogP contribution in [0.5, 0.6) is 5.75 Å². The Morgan fingerprint density at radius 1 is 0.917 bits per heavy atom. The Kier molecular flexibility index (Phi) is 9.09. The van der Waals surface area contributed by atoms with Crippen LogP contribution in [-0.2, 0) is 10.0 Å². The lowest BCUT2D eigenvalue weighted by molar-refractivity contribution is -0.384. The maximum absolute atomic E-state index is 14.3. The molecule has 0 spiro atoms. The van der Waals surface area contributed by atoms with Gasteiger partial charge < -0.3 is 10.1 Å². The number of nitro groups is 1. The third kappa shape index (κ3) is 6.56. The van der Waals surface area contributed by atoms with Crippen LogP contribution in [0.2, 0.25) is 0 Å². The Hall–Kier alpha value is -5.36. The van der Waals surface area contributed by atoms with E-state index in [1.54, 1.807) is 54.6 Å². The van der Waals surface area contributed by atoms with E-state index in [-0.39, 0.29) is 17.3 Å². The number of ether oxygens (including phenoxy) is 1. The van der Waals surface area contributed by atoms with Gasteiger partial charge in [-0.3, -0.25) is 19.6 Å². The van der Waals surface area contributed by atoms with Gasteiger partial charge in [-0.25, -0.2) is 18.4 Å². The number of hydrogen-bond acceptors (Lipinski definition) is 9. The zero-order chi connectivity index (χ0) is 34.0. The number of para-hydroxylation sites is 1. The molecule has 6 rings (SSSR count). The third-order valence-electron chi connectivity index (χ3n) is 8.43. The van der Waals surface area contributed by atoms with Crippen molar-refractivity contribution in [3.8, 4) is 28.4 Å². The van der Waals surface area contributed by atoms with Gasteiger partial charge in [0.2, 0.25) is 10.0 Å². The second-order valence-corrected chi connectivity index (χ2v) is 13.6. The number of non-ortho nitro benzene ring substituents is 1. The van der Waals surface area contributed by atoms with Gasteiger partial charge in [0.15, 0.2) is 11.6 Å². The molecule has 0 radical (unpaired) electrons. The number of fused-ring (bicyclic) bond motifs is 2. The summed E-state index contributed by atoms with van der Waals surface area (Å²) in [4.78, 5) is 35.0. The first-order valence-corrected chi connectivity index (χ1v) is 17.7. The van der Waals surface area contributed by atoms with Crippen molar-refractivity contribution in [2.45, 2.75) is 39.5 Å². The van der Waals surface area contributed by atoms with Crippen LogP contribution in [0, 0.1) is 16.0 Å². The molecule has 11 nitrogen and oxygen atoms in total. The Morgan fingerprint density at radius 2 is 1.60 bits per heavy atom. The van der Waals surface area contributed by atoms with Crippen molar-refractivity contribution in [2.24, 2.45) is 5.92 Å². The van der Waals surface area contributed by atoms with Crippen molar-refractivity contribution >= 4 is 49.5 Å². The summed E-state index contributed by atoms with van der Waals surface area (Å²) in [7, 11) is -3.62. The largest absolute Gasteiger partial charge is 0.491 e. The number of hydrogen-bond donors (Lipinski definition) is 2. The molecule has 5 aromatic rings. The molecule has 2 N–H and O–H groups in total. The zero-order valence-electron chi connectivity index (χ0n) is 26.8. The lowest BCUT2D eigenvalue weighted by atomic mass is 9.85. The van der Waals surface area contributed by atoms with Crippen LogP contribution in [0.1, 0.15) is 55.5 Å². The molecule has 1 heterocycles. The highest BCUT2D eigenvalue weighted by molar-refractivity contribution is 7.92. The fraction of sp³-hybridized carbons (Fsp3) is 0.250. The van der Waals surface area contributed by atoms with E-state index in [2.05, 4.69) is 23.9 Å². The predicted molar refractivity (Wildman–Crippen MR) is 187 cm³/mol. The van der Waals surface area contributed by atoms with E-state index in [0.717, 1.165) is 31.9 Å². The number of nitrogens with zero attached hydrogens (tertiary/aromatic N) is 3. The van der Waals surface area contributed by atoms with Crippen LogP contribution in [-0.4, -0.2) is 42.0 Å². The minimum absolute atomic E-state index is 0.0547. The van der Waals surface area contributed by atoms with E-state index >= 15 is 0 Å². The molecule has 4 aromatic carbocycles.